The van der Waals surface area contributed by atoms with Gasteiger partial charge in [-0.1, -0.05) is 0 Å². The molecule has 0 aromatic carbocycles. The Balaban J connectivity index is 1.95. The van der Waals surface area contributed by atoms with Crippen LogP contribution in [-0.4, -0.2) is 18.8 Å². The van der Waals surface area contributed by atoms with E-state index in [2.05, 4.69) is 15.9 Å². The minimum atomic E-state index is -3.59. The van der Waals surface area contributed by atoms with Crippen LogP contribution >= 0.6 is 27.3 Å². The van der Waals surface area contributed by atoms with Gasteiger partial charge in [-0.15, -0.1) is 0 Å². The number of nitrogens with two attached hydrogens (primary N) is 1. The number of halogens is 1. The average Bonchev–Trinajstić information content (AvgIpc) is 2.99. The van der Waals surface area contributed by atoms with E-state index in [9.17, 15) is 8.42 Å². The van der Waals surface area contributed by atoms with E-state index in [4.69, 9.17) is 10.2 Å². The van der Waals surface area contributed by atoms with Crippen LogP contribution in [0.15, 0.2) is 36.9 Å². The Labute approximate surface area is 135 Å². The molecule has 2 heterocycles. The van der Waals surface area contributed by atoms with E-state index in [1.165, 1.54) is 6.07 Å². The maximum atomic E-state index is 12.9. The molecule has 0 atom stereocenters. The van der Waals surface area contributed by atoms with Crippen LogP contribution < -0.4 is 5.73 Å². The van der Waals surface area contributed by atoms with Crippen molar-refractivity contribution in [3.8, 4) is 0 Å². The lowest BCUT2D eigenvalue weighted by atomic mass is 10.3. The van der Waals surface area contributed by atoms with Gasteiger partial charge in [0, 0.05) is 18.7 Å². The molecule has 0 saturated heterocycles. The van der Waals surface area contributed by atoms with Crippen molar-refractivity contribution in [1.29, 1.82) is 0 Å². The van der Waals surface area contributed by atoms with Crippen LogP contribution in [0.4, 0.5) is 0 Å². The van der Waals surface area contributed by atoms with Gasteiger partial charge in [0.25, 0.3) is 0 Å². The summed E-state index contributed by atoms with van der Waals surface area (Å²) in [6.07, 6.45) is 1.81. The van der Waals surface area contributed by atoms with E-state index < -0.39 is 10.0 Å². The second kappa shape index (κ2) is 5.85. The fourth-order valence-electron chi connectivity index (χ4n) is 2.14. The molecule has 1 aliphatic carbocycles. The number of thiophene rings is 1. The summed E-state index contributed by atoms with van der Waals surface area (Å²) in [4.78, 5) is 0.157. The van der Waals surface area contributed by atoms with Crippen molar-refractivity contribution < 1.29 is 12.8 Å². The lowest BCUT2D eigenvalue weighted by Crippen LogP contribution is -2.32. The molecule has 0 spiro atoms. The topological polar surface area (TPSA) is 76.5 Å². The lowest BCUT2D eigenvalue weighted by molar-refractivity contribution is 0.397. The number of hydrogen-bond donors (Lipinski definition) is 1. The largest absolute Gasteiger partial charge is 0.452 e. The highest BCUT2D eigenvalue weighted by molar-refractivity contribution is 9.10. The standard InChI is InChI=1S/C13H15BrN2O3S2/c14-13-12(5-11(6-15)19-13)21(17,18)16(10-1-2-10)7-9-3-4-20-8-9/h3-5,8,10H,1-2,6-7,15H2. The van der Waals surface area contributed by atoms with Crippen LogP contribution in [0.25, 0.3) is 0 Å². The van der Waals surface area contributed by atoms with Crippen molar-refractivity contribution >= 4 is 37.3 Å². The summed E-state index contributed by atoms with van der Waals surface area (Å²) in [6, 6.07) is 3.53. The van der Waals surface area contributed by atoms with Gasteiger partial charge < -0.3 is 10.2 Å². The smallest absolute Gasteiger partial charge is 0.248 e. The predicted molar refractivity (Wildman–Crippen MR) is 84.4 cm³/mol. The van der Waals surface area contributed by atoms with Crippen LogP contribution in [0, 0.1) is 0 Å². The first-order chi connectivity index (χ1) is 10.0. The van der Waals surface area contributed by atoms with Gasteiger partial charge in [-0.2, -0.15) is 15.6 Å². The summed E-state index contributed by atoms with van der Waals surface area (Å²) < 4.78 is 32.9. The first kappa shape index (κ1) is 15.2. The van der Waals surface area contributed by atoms with E-state index in [0.29, 0.717) is 12.3 Å². The summed E-state index contributed by atoms with van der Waals surface area (Å²) >= 11 is 4.75. The van der Waals surface area contributed by atoms with Crippen molar-refractivity contribution in [2.24, 2.45) is 5.73 Å². The highest BCUT2D eigenvalue weighted by atomic mass is 79.9. The Morgan fingerprint density at radius 3 is 2.76 bits per heavy atom. The molecule has 0 aliphatic heterocycles. The SMILES string of the molecule is NCc1cc(S(=O)(=O)N(Cc2ccsc2)C2CC2)c(Br)o1. The molecule has 1 saturated carbocycles. The normalized spacial score (nSPS) is 15.8. The van der Waals surface area contributed by atoms with Gasteiger partial charge in [0.05, 0.1) is 6.54 Å². The first-order valence-corrected chi connectivity index (χ1v) is 9.71. The Bertz CT molecular complexity index is 721. The van der Waals surface area contributed by atoms with Crippen molar-refractivity contribution in [1.82, 2.24) is 4.31 Å². The molecule has 3 rings (SSSR count). The van der Waals surface area contributed by atoms with E-state index in [-0.39, 0.29) is 22.2 Å². The van der Waals surface area contributed by atoms with Crippen molar-refractivity contribution in [3.05, 3.63) is 38.9 Å². The monoisotopic (exact) mass is 390 g/mol. The molecule has 0 radical (unpaired) electrons. The van der Waals surface area contributed by atoms with Crippen LogP contribution in [-0.2, 0) is 23.1 Å². The second-order valence-corrected chi connectivity index (χ2v) is 8.33. The van der Waals surface area contributed by atoms with Gasteiger partial charge in [0.1, 0.15) is 10.7 Å². The quantitative estimate of drug-likeness (QED) is 0.822. The van der Waals surface area contributed by atoms with Crippen molar-refractivity contribution in [2.75, 3.05) is 0 Å². The summed E-state index contributed by atoms with van der Waals surface area (Å²) in [6.45, 7) is 0.564. The van der Waals surface area contributed by atoms with E-state index in [1.807, 2.05) is 16.8 Å². The zero-order chi connectivity index (χ0) is 15.0. The van der Waals surface area contributed by atoms with Gasteiger partial charge in [0.15, 0.2) is 4.67 Å². The third-order valence-electron chi connectivity index (χ3n) is 3.37. The molecule has 0 amide bonds. The van der Waals surface area contributed by atoms with E-state index >= 15 is 0 Å². The maximum Gasteiger partial charge on any atom is 0.248 e. The van der Waals surface area contributed by atoms with Crippen molar-refractivity contribution in [3.63, 3.8) is 0 Å². The van der Waals surface area contributed by atoms with Gasteiger partial charge >= 0.3 is 0 Å². The molecule has 2 aromatic heterocycles. The molecule has 114 valence electrons. The first-order valence-electron chi connectivity index (χ1n) is 6.53. The zero-order valence-corrected chi connectivity index (χ0v) is 14.4. The zero-order valence-electron chi connectivity index (χ0n) is 11.2. The molecule has 1 fully saturated rings. The van der Waals surface area contributed by atoms with Crippen LogP contribution in [0.2, 0.25) is 0 Å². The molecule has 0 bridgehead atoms. The van der Waals surface area contributed by atoms with Gasteiger partial charge in [-0.25, -0.2) is 8.42 Å². The summed E-state index contributed by atoms with van der Waals surface area (Å²) in [5, 5.41) is 3.92. The van der Waals surface area contributed by atoms with Crippen LogP contribution in [0.1, 0.15) is 24.2 Å². The molecule has 5 nitrogen and oxygen atoms in total. The Morgan fingerprint density at radius 2 is 2.24 bits per heavy atom. The minimum absolute atomic E-state index is 0.0815. The number of sulfonamides is 1. The average molecular weight is 391 g/mol. The number of rotatable bonds is 6. The molecular weight excluding hydrogens is 376 g/mol. The molecule has 0 unspecified atom stereocenters. The fraction of sp³-hybridized carbons (Fsp3) is 0.385. The Kier molecular flexibility index (Phi) is 4.24. The molecule has 2 aromatic rings. The second-order valence-electron chi connectivity index (χ2n) is 4.97. The minimum Gasteiger partial charge on any atom is -0.452 e. The highest BCUT2D eigenvalue weighted by Crippen LogP contribution is 2.36. The summed E-state index contributed by atoms with van der Waals surface area (Å²) in [5.41, 5.74) is 6.52. The van der Waals surface area contributed by atoms with Crippen LogP contribution in [0.3, 0.4) is 0 Å². The molecule has 1 aliphatic rings. The summed E-state index contributed by atoms with van der Waals surface area (Å²) in [5.74, 6) is 0.451. The van der Waals surface area contributed by atoms with E-state index in [1.54, 1.807) is 15.6 Å². The van der Waals surface area contributed by atoms with Gasteiger partial charge in [0.2, 0.25) is 10.0 Å². The lowest BCUT2D eigenvalue weighted by Gasteiger charge is -2.20. The summed E-state index contributed by atoms with van der Waals surface area (Å²) in [7, 11) is -3.59. The Hall–Kier alpha value is -0.670. The third-order valence-corrected chi connectivity index (χ3v) is 6.85. The maximum absolute atomic E-state index is 12.9. The molecule has 2 N–H and O–H groups in total. The number of furan rings is 1. The van der Waals surface area contributed by atoms with Gasteiger partial charge in [-0.05, 0) is 51.2 Å². The van der Waals surface area contributed by atoms with Crippen LogP contribution in [0.5, 0.6) is 0 Å². The fourth-order valence-corrected chi connectivity index (χ4v) is 5.43. The highest BCUT2D eigenvalue weighted by Gasteiger charge is 2.40. The molecular formula is C13H15BrN2O3S2. The predicted octanol–water partition coefficient (Wildman–Crippen LogP) is 2.92. The van der Waals surface area contributed by atoms with E-state index in [0.717, 1.165) is 18.4 Å². The van der Waals surface area contributed by atoms with Gasteiger partial charge in [-0.3, -0.25) is 0 Å². The Morgan fingerprint density at radius 1 is 1.48 bits per heavy atom. The van der Waals surface area contributed by atoms with Crippen molar-refractivity contribution in [2.45, 2.75) is 36.9 Å². The number of hydrogen-bond acceptors (Lipinski definition) is 5. The third kappa shape index (κ3) is 3.09. The number of nitrogens with zero attached hydrogens (tertiary/aromatic N) is 1. The molecule has 21 heavy (non-hydrogen) atoms. The molecule has 8 heteroatoms.